The van der Waals surface area contributed by atoms with Gasteiger partial charge < -0.3 is 5.73 Å². The fourth-order valence-electron chi connectivity index (χ4n) is 4.15. The van der Waals surface area contributed by atoms with E-state index in [0.29, 0.717) is 31.0 Å². The van der Waals surface area contributed by atoms with Crippen LogP contribution in [0.2, 0.25) is 0 Å². The van der Waals surface area contributed by atoms with Crippen molar-refractivity contribution in [1.29, 1.82) is 0 Å². The van der Waals surface area contributed by atoms with Crippen LogP contribution >= 0.6 is 0 Å². The van der Waals surface area contributed by atoms with Crippen LogP contribution in [0.25, 0.3) is 0 Å². The van der Waals surface area contributed by atoms with Crippen LogP contribution < -0.4 is 5.73 Å². The standard InChI is InChI=1S/C16H32N2O2S/c1-12(2)14-6-7-16(17)15(10-14)9-13-5-4-8-18(11-13)21(3,19)20/h12-16H,4-11,17H2,1-3H3. The van der Waals surface area contributed by atoms with Gasteiger partial charge in [-0.1, -0.05) is 13.8 Å². The van der Waals surface area contributed by atoms with Crippen molar-refractivity contribution >= 4 is 10.0 Å². The Bertz CT molecular complexity index is 436. The van der Waals surface area contributed by atoms with Gasteiger partial charge in [-0.2, -0.15) is 0 Å². The third kappa shape index (κ3) is 4.67. The quantitative estimate of drug-likeness (QED) is 0.866. The van der Waals surface area contributed by atoms with Gasteiger partial charge in [0.2, 0.25) is 10.0 Å². The minimum absolute atomic E-state index is 0.314. The molecule has 1 aliphatic carbocycles. The fourth-order valence-corrected chi connectivity index (χ4v) is 5.09. The number of nitrogens with zero attached hydrogens (tertiary/aromatic N) is 1. The molecule has 2 fully saturated rings. The lowest BCUT2D eigenvalue weighted by Gasteiger charge is -2.39. The van der Waals surface area contributed by atoms with Crippen LogP contribution in [-0.4, -0.2) is 38.1 Å². The number of nitrogens with two attached hydrogens (primary N) is 1. The predicted molar refractivity (Wildman–Crippen MR) is 87.4 cm³/mol. The van der Waals surface area contributed by atoms with E-state index in [-0.39, 0.29) is 0 Å². The van der Waals surface area contributed by atoms with Gasteiger partial charge in [0, 0.05) is 19.1 Å². The molecular weight excluding hydrogens is 284 g/mol. The van der Waals surface area contributed by atoms with Gasteiger partial charge in [-0.05, 0) is 62.2 Å². The molecule has 0 spiro atoms. The van der Waals surface area contributed by atoms with Crippen molar-refractivity contribution in [2.45, 2.75) is 58.4 Å². The maximum Gasteiger partial charge on any atom is 0.211 e. The third-order valence-electron chi connectivity index (χ3n) is 5.61. The van der Waals surface area contributed by atoms with Gasteiger partial charge in [0.15, 0.2) is 0 Å². The minimum atomic E-state index is -3.04. The Morgan fingerprint density at radius 1 is 1.24 bits per heavy atom. The molecule has 0 bridgehead atoms. The molecule has 2 N–H and O–H groups in total. The SMILES string of the molecule is CC(C)C1CCC(N)C(CC2CCCN(S(C)(=O)=O)C2)C1. The van der Waals surface area contributed by atoms with E-state index >= 15 is 0 Å². The van der Waals surface area contributed by atoms with Crippen molar-refractivity contribution in [2.75, 3.05) is 19.3 Å². The predicted octanol–water partition coefficient (Wildman–Crippen LogP) is 2.45. The first-order valence-corrected chi connectivity index (χ1v) is 10.3. The molecule has 0 radical (unpaired) electrons. The first-order chi connectivity index (χ1) is 9.77. The third-order valence-corrected chi connectivity index (χ3v) is 6.88. The Hall–Kier alpha value is -0.130. The first kappa shape index (κ1) is 17.2. The van der Waals surface area contributed by atoms with Crippen molar-refractivity contribution in [2.24, 2.45) is 29.4 Å². The minimum Gasteiger partial charge on any atom is -0.327 e. The zero-order valence-electron chi connectivity index (χ0n) is 13.8. The molecule has 21 heavy (non-hydrogen) atoms. The summed E-state index contributed by atoms with van der Waals surface area (Å²) in [6.07, 6.45) is 8.21. The summed E-state index contributed by atoms with van der Waals surface area (Å²) in [6, 6.07) is 0.314. The van der Waals surface area contributed by atoms with Crippen LogP contribution in [0.1, 0.15) is 52.4 Å². The van der Waals surface area contributed by atoms with Crippen molar-refractivity contribution in [1.82, 2.24) is 4.31 Å². The Morgan fingerprint density at radius 2 is 1.95 bits per heavy atom. The van der Waals surface area contributed by atoms with Gasteiger partial charge in [-0.3, -0.25) is 0 Å². The smallest absolute Gasteiger partial charge is 0.211 e. The van der Waals surface area contributed by atoms with Crippen LogP contribution in [-0.2, 0) is 10.0 Å². The molecule has 1 aliphatic heterocycles. The summed E-state index contributed by atoms with van der Waals surface area (Å²) < 4.78 is 25.1. The highest BCUT2D eigenvalue weighted by Crippen LogP contribution is 2.37. The fraction of sp³-hybridized carbons (Fsp3) is 1.00. The molecule has 4 unspecified atom stereocenters. The summed E-state index contributed by atoms with van der Waals surface area (Å²) in [6.45, 7) is 6.02. The lowest BCUT2D eigenvalue weighted by Crippen LogP contribution is -2.43. The zero-order valence-corrected chi connectivity index (χ0v) is 14.6. The molecule has 1 heterocycles. The second kappa shape index (κ2) is 6.97. The molecule has 5 heteroatoms. The summed E-state index contributed by atoms with van der Waals surface area (Å²) >= 11 is 0. The molecule has 1 saturated carbocycles. The van der Waals surface area contributed by atoms with E-state index in [0.717, 1.165) is 37.5 Å². The van der Waals surface area contributed by atoms with E-state index in [1.54, 1.807) is 4.31 Å². The highest BCUT2D eigenvalue weighted by Gasteiger charge is 2.33. The molecule has 0 amide bonds. The average molecular weight is 317 g/mol. The van der Waals surface area contributed by atoms with Gasteiger partial charge in [0.1, 0.15) is 0 Å². The number of rotatable bonds is 4. The second-order valence-corrected chi connectivity index (χ2v) is 9.59. The van der Waals surface area contributed by atoms with Crippen molar-refractivity contribution in [3.05, 3.63) is 0 Å². The number of piperidine rings is 1. The topological polar surface area (TPSA) is 63.4 Å². The summed E-state index contributed by atoms with van der Waals surface area (Å²) in [5.41, 5.74) is 6.35. The van der Waals surface area contributed by atoms with Crippen molar-refractivity contribution in [3.63, 3.8) is 0 Å². The second-order valence-electron chi connectivity index (χ2n) is 7.61. The summed E-state index contributed by atoms with van der Waals surface area (Å²) in [5.74, 6) is 2.61. The molecule has 2 rings (SSSR count). The number of sulfonamides is 1. The molecule has 4 nitrogen and oxygen atoms in total. The lowest BCUT2D eigenvalue weighted by molar-refractivity contribution is 0.145. The van der Waals surface area contributed by atoms with Crippen LogP contribution in [0.3, 0.4) is 0 Å². The summed E-state index contributed by atoms with van der Waals surface area (Å²) in [4.78, 5) is 0. The van der Waals surface area contributed by atoms with E-state index in [1.165, 1.54) is 19.1 Å². The van der Waals surface area contributed by atoms with Crippen molar-refractivity contribution in [3.8, 4) is 0 Å². The molecule has 2 aliphatic rings. The van der Waals surface area contributed by atoms with Gasteiger partial charge in [0.05, 0.1) is 6.26 Å². The number of hydrogen-bond acceptors (Lipinski definition) is 3. The van der Waals surface area contributed by atoms with Gasteiger partial charge in [0.25, 0.3) is 0 Å². The highest BCUT2D eigenvalue weighted by atomic mass is 32.2. The van der Waals surface area contributed by atoms with E-state index < -0.39 is 10.0 Å². The monoisotopic (exact) mass is 316 g/mol. The average Bonchev–Trinajstić information content (AvgIpc) is 2.40. The van der Waals surface area contributed by atoms with Gasteiger partial charge in [-0.15, -0.1) is 0 Å². The van der Waals surface area contributed by atoms with E-state index in [4.69, 9.17) is 5.73 Å². The van der Waals surface area contributed by atoms with Crippen LogP contribution in [0.15, 0.2) is 0 Å². The molecule has 0 aromatic rings. The molecule has 4 atom stereocenters. The molecule has 0 aromatic heterocycles. The Labute approximate surface area is 130 Å². The van der Waals surface area contributed by atoms with E-state index in [1.807, 2.05) is 0 Å². The highest BCUT2D eigenvalue weighted by molar-refractivity contribution is 7.88. The largest absolute Gasteiger partial charge is 0.327 e. The lowest BCUT2D eigenvalue weighted by atomic mass is 9.70. The Morgan fingerprint density at radius 3 is 2.57 bits per heavy atom. The van der Waals surface area contributed by atoms with E-state index in [2.05, 4.69) is 13.8 Å². The number of hydrogen-bond donors (Lipinski definition) is 1. The van der Waals surface area contributed by atoms with Crippen LogP contribution in [0.4, 0.5) is 0 Å². The maximum absolute atomic E-state index is 11.7. The molecule has 0 aromatic carbocycles. The zero-order chi connectivity index (χ0) is 15.6. The summed E-state index contributed by atoms with van der Waals surface area (Å²) in [7, 11) is -3.04. The maximum atomic E-state index is 11.7. The van der Waals surface area contributed by atoms with Crippen LogP contribution in [0, 0.1) is 23.7 Å². The first-order valence-electron chi connectivity index (χ1n) is 8.48. The summed E-state index contributed by atoms with van der Waals surface area (Å²) in [5, 5.41) is 0. The Kier molecular flexibility index (Phi) is 5.71. The molecular formula is C16H32N2O2S. The normalized spacial score (nSPS) is 36.0. The van der Waals surface area contributed by atoms with E-state index in [9.17, 15) is 8.42 Å². The van der Waals surface area contributed by atoms with Crippen molar-refractivity contribution < 1.29 is 8.42 Å². The molecule has 1 saturated heterocycles. The van der Waals surface area contributed by atoms with Gasteiger partial charge in [-0.25, -0.2) is 12.7 Å². The Balaban J connectivity index is 1.93. The molecule has 124 valence electrons. The van der Waals surface area contributed by atoms with Gasteiger partial charge >= 0.3 is 0 Å². The van der Waals surface area contributed by atoms with Crippen LogP contribution in [0.5, 0.6) is 0 Å².